The first-order valence-electron chi connectivity index (χ1n) is 9.18. The van der Waals surface area contributed by atoms with Crippen LogP contribution in [0.5, 0.6) is 0 Å². The standard InChI is InChI=1S/C21H22ClN3O/c22-17-9-11-18(12-10-17)25-20(26)19(15-16-7-3-1-4-8-16)23-21(25)24-13-5-2-6-14-24/h1,3-4,7-12,19H,2,5-6,13-15H2/t19-/m0/s1. The Morgan fingerprint density at radius 2 is 1.65 bits per heavy atom. The van der Waals surface area contributed by atoms with E-state index in [2.05, 4.69) is 4.90 Å². The first-order valence-corrected chi connectivity index (χ1v) is 9.56. The van der Waals surface area contributed by atoms with Crippen molar-refractivity contribution < 1.29 is 4.79 Å². The summed E-state index contributed by atoms with van der Waals surface area (Å²) in [7, 11) is 0. The molecule has 2 aromatic carbocycles. The number of piperidine rings is 1. The van der Waals surface area contributed by atoms with Gasteiger partial charge in [-0.05, 0) is 49.1 Å². The summed E-state index contributed by atoms with van der Waals surface area (Å²) in [4.78, 5) is 22.1. The number of carbonyl (C=O) groups excluding carboxylic acids is 1. The number of aliphatic imine (C=N–C) groups is 1. The highest BCUT2D eigenvalue weighted by molar-refractivity contribution is 6.30. The third kappa shape index (κ3) is 3.47. The van der Waals surface area contributed by atoms with Gasteiger partial charge in [-0.2, -0.15) is 0 Å². The fourth-order valence-electron chi connectivity index (χ4n) is 3.62. The highest BCUT2D eigenvalue weighted by Crippen LogP contribution is 2.27. The Labute approximate surface area is 159 Å². The highest BCUT2D eigenvalue weighted by atomic mass is 35.5. The van der Waals surface area contributed by atoms with Gasteiger partial charge in [0.25, 0.3) is 5.91 Å². The maximum absolute atomic E-state index is 13.2. The zero-order valence-corrected chi connectivity index (χ0v) is 15.4. The van der Waals surface area contributed by atoms with Crippen molar-refractivity contribution >= 4 is 29.2 Å². The van der Waals surface area contributed by atoms with Crippen molar-refractivity contribution in [3.05, 3.63) is 65.2 Å². The molecular weight excluding hydrogens is 346 g/mol. The van der Waals surface area contributed by atoms with Crippen molar-refractivity contribution in [2.24, 2.45) is 4.99 Å². The first-order chi connectivity index (χ1) is 12.7. The number of halogens is 1. The van der Waals surface area contributed by atoms with E-state index in [4.69, 9.17) is 16.6 Å². The number of benzene rings is 2. The Bertz CT molecular complexity index is 798. The second kappa shape index (κ2) is 7.50. The SMILES string of the molecule is O=C1[C@H](Cc2ccccc2)N=C(N2CCCCC2)N1c1ccc(Cl)cc1. The van der Waals surface area contributed by atoms with Gasteiger partial charge in [0.05, 0.1) is 5.69 Å². The topological polar surface area (TPSA) is 35.9 Å². The number of hydrogen-bond acceptors (Lipinski definition) is 3. The van der Waals surface area contributed by atoms with Gasteiger partial charge < -0.3 is 4.90 Å². The number of hydrogen-bond donors (Lipinski definition) is 0. The lowest BCUT2D eigenvalue weighted by Gasteiger charge is -2.32. The van der Waals surface area contributed by atoms with E-state index >= 15 is 0 Å². The number of guanidine groups is 1. The third-order valence-electron chi connectivity index (χ3n) is 4.97. The van der Waals surface area contributed by atoms with E-state index in [-0.39, 0.29) is 11.9 Å². The highest BCUT2D eigenvalue weighted by Gasteiger charge is 2.38. The fraction of sp³-hybridized carbons (Fsp3) is 0.333. The van der Waals surface area contributed by atoms with Gasteiger partial charge in [0.2, 0.25) is 5.96 Å². The zero-order chi connectivity index (χ0) is 17.9. The molecular formula is C21H22ClN3O. The lowest BCUT2D eigenvalue weighted by atomic mass is 10.1. The van der Waals surface area contributed by atoms with Gasteiger partial charge in [-0.3, -0.25) is 4.79 Å². The van der Waals surface area contributed by atoms with Crippen LogP contribution in [0.3, 0.4) is 0 Å². The summed E-state index contributed by atoms with van der Waals surface area (Å²) >= 11 is 6.03. The van der Waals surface area contributed by atoms with Crippen LogP contribution >= 0.6 is 11.6 Å². The number of likely N-dealkylation sites (tertiary alicyclic amines) is 1. The quantitative estimate of drug-likeness (QED) is 0.817. The van der Waals surface area contributed by atoms with Crippen LogP contribution in [0.4, 0.5) is 5.69 Å². The maximum atomic E-state index is 13.2. The van der Waals surface area contributed by atoms with Crippen LogP contribution in [0.1, 0.15) is 24.8 Å². The summed E-state index contributed by atoms with van der Waals surface area (Å²) < 4.78 is 0. The van der Waals surface area contributed by atoms with Crippen LogP contribution in [0.25, 0.3) is 0 Å². The number of carbonyl (C=O) groups is 1. The molecule has 0 N–H and O–H groups in total. The molecule has 1 atom stereocenters. The van der Waals surface area contributed by atoms with E-state index in [1.807, 2.05) is 54.6 Å². The van der Waals surface area contributed by atoms with Crippen molar-refractivity contribution in [2.75, 3.05) is 18.0 Å². The molecule has 1 fully saturated rings. The number of rotatable bonds is 3. The largest absolute Gasteiger partial charge is 0.342 e. The molecule has 0 spiro atoms. The Balaban J connectivity index is 1.65. The van der Waals surface area contributed by atoms with Crippen molar-refractivity contribution in [2.45, 2.75) is 31.7 Å². The summed E-state index contributed by atoms with van der Waals surface area (Å²) in [5, 5.41) is 0.665. The van der Waals surface area contributed by atoms with Crippen LogP contribution in [0, 0.1) is 0 Å². The summed E-state index contributed by atoms with van der Waals surface area (Å²) in [6.07, 6.45) is 4.16. The smallest absolute Gasteiger partial charge is 0.259 e. The molecule has 4 nitrogen and oxygen atoms in total. The summed E-state index contributed by atoms with van der Waals surface area (Å²) in [5.41, 5.74) is 1.96. The van der Waals surface area contributed by atoms with Crippen LogP contribution < -0.4 is 4.90 Å². The van der Waals surface area contributed by atoms with Crippen molar-refractivity contribution in [1.29, 1.82) is 0 Å². The molecule has 26 heavy (non-hydrogen) atoms. The Morgan fingerprint density at radius 3 is 2.35 bits per heavy atom. The van der Waals surface area contributed by atoms with Crippen molar-refractivity contribution in [3.8, 4) is 0 Å². The molecule has 0 bridgehead atoms. The van der Waals surface area contributed by atoms with Crippen LogP contribution in [0.15, 0.2) is 59.6 Å². The average Bonchev–Trinajstić information content (AvgIpc) is 3.00. The van der Waals surface area contributed by atoms with Gasteiger partial charge in [-0.1, -0.05) is 41.9 Å². The molecule has 2 heterocycles. The normalized spacial score (nSPS) is 20.4. The maximum Gasteiger partial charge on any atom is 0.259 e. The number of anilines is 1. The minimum atomic E-state index is -0.370. The van der Waals surface area contributed by atoms with Gasteiger partial charge >= 0.3 is 0 Å². The van der Waals surface area contributed by atoms with E-state index in [9.17, 15) is 4.79 Å². The Hall–Kier alpha value is -2.33. The van der Waals surface area contributed by atoms with Crippen molar-refractivity contribution in [3.63, 3.8) is 0 Å². The summed E-state index contributed by atoms with van der Waals surface area (Å²) in [6, 6.07) is 17.2. The zero-order valence-electron chi connectivity index (χ0n) is 14.6. The van der Waals surface area contributed by atoms with Gasteiger partial charge in [0, 0.05) is 24.5 Å². The number of nitrogens with zero attached hydrogens (tertiary/aromatic N) is 3. The molecule has 5 heteroatoms. The van der Waals surface area contributed by atoms with Crippen molar-refractivity contribution in [1.82, 2.24) is 4.90 Å². The molecule has 2 aliphatic rings. The molecule has 0 unspecified atom stereocenters. The van der Waals surface area contributed by atoms with Gasteiger partial charge in [-0.15, -0.1) is 0 Å². The molecule has 2 aromatic rings. The molecule has 2 aliphatic heterocycles. The van der Waals surface area contributed by atoms with Crippen LogP contribution in [-0.4, -0.2) is 35.9 Å². The molecule has 134 valence electrons. The van der Waals surface area contributed by atoms with Gasteiger partial charge in [-0.25, -0.2) is 9.89 Å². The molecule has 1 saturated heterocycles. The van der Waals surface area contributed by atoms with Gasteiger partial charge in [0.15, 0.2) is 0 Å². The predicted molar refractivity (Wildman–Crippen MR) is 106 cm³/mol. The second-order valence-electron chi connectivity index (χ2n) is 6.83. The van der Waals surface area contributed by atoms with Gasteiger partial charge in [0.1, 0.15) is 6.04 Å². The average molecular weight is 368 g/mol. The molecule has 4 rings (SSSR count). The molecule has 0 aliphatic carbocycles. The second-order valence-corrected chi connectivity index (χ2v) is 7.27. The minimum absolute atomic E-state index is 0.0387. The monoisotopic (exact) mass is 367 g/mol. The summed E-state index contributed by atoms with van der Waals surface area (Å²) in [6.45, 7) is 1.91. The Morgan fingerprint density at radius 1 is 0.962 bits per heavy atom. The van der Waals surface area contributed by atoms with E-state index in [0.717, 1.165) is 43.1 Å². The third-order valence-corrected chi connectivity index (χ3v) is 5.22. The van der Waals surface area contributed by atoms with E-state index < -0.39 is 0 Å². The number of amides is 1. The fourth-order valence-corrected chi connectivity index (χ4v) is 3.75. The van der Waals surface area contributed by atoms with Crippen LogP contribution in [0.2, 0.25) is 5.02 Å². The first kappa shape index (κ1) is 17.1. The van der Waals surface area contributed by atoms with E-state index in [1.54, 1.807) is 4.90 Å². The Kier molecular flexibility index (Phi) is 4.93. The summed E-state index contributed by atoms with van der Waals surface area (Å²) in [5.74, 6) is 0.828. The minimum Gasteiger partial charge on any atom is -0.342 e. The van der Waals surface area contributed by atoms with E-state index in [1.165, 1.54) is 6.42 Å². The predicted octanol–water partition coefficient (Wildman–Crippen LogP) is 4.14. The van der Waals surface area contributed by atoms with E-state index in [0.29, 0.717) is 11.4 Å². The molecule has 0 aromatic heterocycles. The molecule has 0 radical (unpaired) electrons. The lowest BCUT2D eigenvalue weighted by Crippen LogP contribution is -2.46. The lowest BCUT2D eigenvalue weighted by molar-refractivity contribution is -0.118. The van der Waals surface area contributed by atoms with Crippen LogP contribution in [-0.2, 0) is 11.2 Å². The molecule has 0 saturated carbocycles. The molecule has 1 amide bonds.